The summed E-state index contributed by atoms with van der Waals surface area (Å²) in [6, 6.07) is 8.15. The minimum absolute atomic E-state index is 0.775. The van der Waals surface area contributed by atoms with Crippen LogP contribution in [0, 0.1) is 6.92 Å². The molecule has 0 spiro atoms. The zero-order chi connectivity index (χ0) is 10.4. The van der Waals surface area contributed by atoms with E-state index in [1.54, 1.807) is 6.08 Å². The van der Waals surface area contributed by atoms with Crippen LogP contribution in [0.25, 0.3) is 0 Å². The van der Waals surface area contributed by atoms with E-state index in [0.29, 0.717) is 0 Å². The van der Waals surface area contributed by atoms with Gasteiger partial charge in [-0.3, -0.25) is 0 Å². The fourth-order valence-corrected chi connectivity index (χ4v) is 1.31. The Labute approximate surface area is 83.9 Å². The average Bonchev–Trinajstić information content (AvgIpc) is 2.15. The highest BCUT2D eigenvalue weighted by atomic mass is 16.4. The number of hydrogen-bond donors (Lipinski definition) is 1. The maximum absolute atomic E-state index is 10.2. The molecule has 0 aromatic heterocycles. The summed E-state index contributed by atoms with van der Waals surface area (Å²) in [6.07, 6.45) is 4.56. The smallest absolute Gasteiger partial charge is 0.327 e. The zero-order valence-corrected chi connectivity index (χ0v) is 8.23. The number of rotatable bonds is 4. The van der Waals surface area contributed by atoms with Gasteiger partial charge in [0.25, 0.3) is 0 Å². The molecule has 1 N–H and O–H groups in total. The molecule has 0 atom stereocenters. The Morgan fingerprint density at radius 1 is 1.43 bits per heavy atom. The van der Waals surface area contributed by atoms with Gasteiger partial charge in [-0.2, -0.15) is 0 Å². The van der Waals surface area contributed by atoms with Gasteiger partial charge in [-0.25, -0.2) is 4.79 Å². The molecule has 0 unspecified atom stereocenters. The second-order valence-electron chi connectivity index (χ2n) is 3.21. The second kappa shape index (κ2) is 5.22. The van der Waals surface area contributed by atoms with Gasteiger partial charge in [0.05, 0.1) is 0 Å². The fraction of sp³-hybridized carbons (Fsp3) is 0.250. The van der Waals surface area contributed by atoms with E-state index in [4.69, 9.17) is 5.11 Å². The summed E-state index contributed by atoms with van der Waals surface area (Å²) >= 11 is 0. The quantitative estimate of drug-likeness (QED) is 0.741. The van der Waals surface area contributed by atoms with Gasteiger partial charge in [0, 0.05) is 6.08 Å². The Hall–Kier alpha value is -1.57. The SMILES string of the molecule is Cc1ccccc1CCC=CC(=O)O. The van der Waals surface area contributed by atoms with Crippen molar-refractivity contribution in [1.29, 1.82) is 0 Å². The molecule has 0 bridgehead atoms. The highest BCUT2D eigenvalue weighted by Crippen LogP contribution is 2.09. The van der Waals surface area contributed by atoms with E-state index in [-0.39, 0.29) is 0 Å². The van der Waals surface area contributed by atoms with Gasteiger partial charge in [-0.15, -0.1) is 0 Å². The number of aliphatic carboxylic acids is 1. The van der Waals surface area contributed by atoms with Crippen molar-refractivity contribution in [3.05, 3.63) is 47.5 Å². The Morgan fingerprint density at radius 2 is 2.14 bits per heavy atom. The van der Waals surface area contributed by atoms with Crippen molar-refractivity contribution < 1.29 is 9.90 Å². The molecule has 0 heterocycles. The van der Waals surface area contributed by atoms with Crippen LogP contribution in [-0.4, -0.2) is 11.1 Å². The number of benzene rings is 1. The third kappa shape index (κ3) is 3.44. The minimum atomic E-state index is -0.880. The lowest BCUT2D eigenvalue weighted by Crippen LogP contribution is -1.89. The lowest BCUT2D eigenvalue weighted by molar-refractivity contribution is -0.131. The fourth-order valence-electron chi connectivity index (χ4n) is 1.31. The third-order valence-electron chi connectivity index (χ3n) is 2.10. The van der Waals surface area contributed by atoms with Gasteiger partial charge in [0.1, 0.15) is 0 Å². The number of hydrogen-bond acceptors (Lipinski definition) is 1. The molecule has 0 amide bonds. The first kappa shape index (κ1) is 10.5. The average molecular weight is 190 g/mol. The molecule has 1 rings (SSSR count). The Morgan fingerprint density at radius 3 is 2.79 bits per heavy atom. The number of aryl methyl sites for hydroxylation is 2. The summed E-state index contributed by atoms with van der Waals surface area (Å²) in [5, 5.41) is 8.38. The van der Waals surface area contributed by atoms with Crippen molar-refractivity contribution >= 4 is 5.97 Å². The molecule has 0 aliphatic rings. The van der Waals surface area contributed by atoms with Gasteiger partial charge in [-0.1, -0.05) is 30.3 Å². The molecule has 2 nitrogen and oxygen atoms in total. The molecule has 0 aliphatic heterocycles. The van der Waals surface area contributed by atoms with E-state index in [1.165, 1.54) is 17.2 Å². The molecule has 1 aromatic rings. The minimum Gasteiger partial charge on any atom is -0.478 e. The van der Waals surface area contributed by atoms with E-state index in [9.17, 15) is 4.79 Å². The van der Waals surface area contributed by atoms with Crippen LogP contribution in [0.1, 0.15) is 17.5 Å². The van der Waals surface area contributed by atoms with E-state index >= 15 is 0 Å². The van der Waals surface area contributed by atoms with Crippen LogP contribution >= 0.6 is 0 Å². The maximum atomic E-state index is 10.2. The molecule has 0 fully saturated rings. The van der Waals surface area contributed by atoms with Crippen LogP contribution in [0.3, 0.4) is 0 Å². The molecule has 0 aliphatic carbocycles. The lowest BCUT2D eigenvalue weighted by atomic mass is 10.0. The predicted octanol–water partition coefficient (Wildman–Crippen LogP) is 2.57. The van der Waals surface area contributed by atoms with Crippen molar-refractivity contribution in [2.45, 2.75) is 19.8 Å². The first-order chi connectivity index (χ1) is 6.70. The standard InChI is InChI=1S/C12H14O2/c1-10-6-2-3-7-11(10)8-4-5-9-12(13)14/h2-3,5-7,9H,4,8H2,1H3,(H,13,14). The molecule has 0 radical (unpaired) electrons. The van der Waals surface area contributed by atoms with Crippen LogP contribution in [0.2, 0.25) is 0 Å². The summed E-state index contributed by atoms with van der Waals surface area (Å²) in [5.41, 5.74) is 2.54. The molecule has 2 heteroatoms. The van der Waals surface area contributed by atoms with Crippen LogP contribution < -0.4 is 0 Å². The van der Waals surface area contributed by atoms with E-state index in [2.05, 4.69) is 19.1 Å². The number of carboxylic acids is 1. The Bertz CT molecular complexity index is 340. The number of carbonyl (C=O) groups is 1. The van der Waals surface area contributed by atoms with E-state index in [0.717, 1.165) is 12.8 Å². The highest BCUT2D eigenvalue weighted by molar-refractivity contribution is 5.79. The van der Waals surface area contributed by atoms with E-state index in [1.807, 2.05) is 12.1 Å². The summed E-state index contributed by atoms with van der Waals surface area (Å²) in [7, 11) is 0. The summed E-state index contributed by atoms with van der Waals surface area (Å²) in [5.74, 6) is -0.880. The summed E-state index contributed by atoms with van der Waals surface area (Å²) < 4.78 is 0. The normalized spacial score (nSPS) is 10.6. The van der Waals surface area contributed by atoms with Gasteiger partial charge in [0.15, 0.2) is 0 Å². The third-order valence-corrected chi connectivity index (χ3v) is 2.10. The Balaban J connectivity index is 2.46. The second-order valence-corrected chi connectivity index (χ2v) is 3.21. The molecule has 0 saturated heterocycles. The van der Waals surface area contributed by atoms with Crippen molar-refractivity contribution in [2.75, 3.05) is 0 Å². The highest BCUT2D eigenvalue weighted by Gasteiger charge is 1.94. The summed E-state index contributed by atoms with van der Waals surface area (Å²) in [4.78, 5) is 10.2. The zero-order valence-electron chi connectivity index (χ0n) is 8.23. The number of allylic oxidation sites excluding steroid dienone is 1. The first-order valence-electron chi connectivity index (χ1n) is 4.64. The van der Waals surface area contributed by atoms with E-state index < -0.39 is 5.97 Å². The Kier molecular flexibility index (Phi) is 3.92. The molecule has 74 valence electrons. The monoisotopic (exact) mass is 190 g/mol. The molecule has 14 heavy (non-hydrogen) atoms. The largest absolute Gasteiger partial charge is 0.478 e. The van der Waals surface area contributed by atoms with Crippen LogP contribution in [0.15, 0.2) is 36.4 Å². The topological polar surface area (TPSA) is 37.3 Å². The molecular formula is C12H14O2. The van der Waals surface area contributed by atoms with Crippen molar-refractivity contribution in [1.82, 2.24) is 0 Å². The number of carboxylic acid groups (broad SMARTS) is 1. The van der Waals surface area contributed by atoms with Crippen LogP contribution in [-0.2, 0) is 11.2 Å². The van der Waals surface area contributed by atoms with Crippen molar-refractivity contribution in [2.24, 2.45) is 0 Å². The summed E-state index contributed by atoms with van der Waals surface area (Å²) in [6.45, 7) is 2.07. The predicted molar refractivity (Wildman–Crippen MR) is 56.3 cm³/mol. The maximum Gasteiger partial charge on any atom is 0.327 e. The first-order valence-corrected chi connectivity index (χ1v) is 4.64. The van der Waals surface area contributed by atoms with Gasteiger partial charge < -0.3 is 5.11 Å². The van der Waals surface area contributed by atoms with Crippen molar-refractivity contribution in [3.8, 4) is 0 Å². The molecule has 1 aromatic carbocycles. The van der Waals surface area contributed by atoms with Crippen LogP contribution in [0.4, 0.5) is 0 Å². The van der Waals surface area contributed by atoms with Gasteiger partial charge in [-0.05, 0) is 30.9 Å². The molecule has 0 saturated carbocycles. The van der Waals surface area contributed by atoms with Gasteiger partial charge in [0.2, 0.25) is 0 Å². The van der Waals surface area contributed by atoms with Gasteiger partial charge >= 0.3 is 5.97 Å². The molecular weight excluding hydrogens is 176 g/mol. The lowest BCUT2D eigenvalue weighted by Gasteiger charge is -2.01. The van der Waals surface area contributed by atoms with Crippen LogP contribution in [0.5, 0.6) is 0 Å². The van der Waals surface area contributed by atoms with Crippen molar-refractivity contribution in [3.63, 3.8) is 0 Å².